The van der Waals surface area contributed by atoms with E-state index in [9.17, 15) is 0 Å². The minimum atomic E-state index is 0.104. The van der Waals surface area contributed by atoms with Crippen LogP contribution in [0.5, 0.6) is 0 Å². The Morgan fingerprint density at radius 1 is 1.19 bits per heavy atom. The molecule has 2 aliphatic rings. The van der Waals surface area contributed by atoms with Gasteiger partial charge in [0.15, 0.2) is 0 Å². The fraction of sp³-hybridized carbons (Fsp3) is 0.500. The van der Waals surface area contributed by atoms with Crippen LogP contribution < -0.4 is 11.1 Å². The molecule has 1 saturated carbocycles. The van der Waals surface area contributed by atoms with Gasteiger partial charge in [0.2, 0.25) is 0 Å². The molecule has 0 spiro atoms. The van der Waals surface area contributed by atoms with Crippen LogP contribution in [0.4, 0.5) is 0 Å². The van der Waals surface area contributed by atoms with E-state index in [2.05, 4.69) is 5.32 Å². The van der Waals surface area contributed by atoms with Crippen LogP contribution in [-0.4, -0.2) is 13.1 Å². The van der Waals surface area contributed by atoms with Crippen molar-refractivity contribution < 1.29 is 0 Å². The van der Waals surface area contributed by atoms with Crippen molar-refractivity contribution in [1.29, 1.82) is 0 Å². The van der Waals surface area contributed by atoms with Crippen LogP contribution in [0.2, 0.25) is 10.0 Å². The highest BCUT2D eigenvalue weighted by molar-refractivity contribution is 6.42. The van der Waals surface area contributed by atoms with Crippen molar-refractivity contribution in [3.63, 3.8) is 0 Å². The lowest BCUT2D eigenvalue weighted by atomic mass is 10.0. The molecule has 3 atom stereocenters. The number of hydrogen-bond donors (Lipinski definition) is 2. The molecule has 0 radical (unpaired) electrons. The van der Waals surface area contributed by atoms with Crippen LogP contribution in [0.3, 0.4) is 0 Å². The number of piperidine rings is 1. The lowest BCUT2D eigenvalue weighted by molar-refractivity contribution is 0.509. The standard InChI is InChI=1S/C12H14Cl2N2/c13-9-2-1-6(3-10(9)14)12(15)11-7-4-16-5-8(7)11/h1-3,7-8,11-12,16H,4-5,15H2. The minimum absolute atomic E-state index is 0.104. The quantitative estimate of drug-likeness (QED) is 0.854. The van der Waals surface area contributed by atoms with Crippen LogP contribution in [0, 0.1) is 17.8 Å². The molecule has 1 saturated heterocycles. The van der Waals surface area contributed by atoms with E-state index in [1.807, 2.05) is 18.2 Å². The molecule has 3 N–H and O–H groups in total. The van der Waals surface area contributed by atoms with Gasteiger partial charge in [-0.3, -0.25) is 0 Å². The molecule has 1 heterocycles. The number of rotatable bonds is 2. The maximum Gasteiger partial charge on any atom is 0.0595 e. The van der Waals surface area contributed by atoms with E-state index >= 15 is 0 Å². The summed E-state index contributed by atoms with van der Waals surface area (Å²) in [5, 5.41) is 4.56. The zero-order valence-corrected chi connectivity index (χ0v) is 10.3. The summed E-state index contributed by atoms with van der Waals surface area (Å²) in [5.41, 5.74) is 7.39. The van der Waals surface area contributed by atoms with E-state index in [0.29, 0.717) is 16.0 Å². The summed E-state index contributed by atoms with van der Waals surface area (Å²) >= 11 is 11.9. The van der Waals surface area contributed by atoms with Crippen molar-refractivity contribution in [3.05, 3.63) is 33.8 Å². The summed E-state index contributed by atoms with van der Waals surface area (Å²) in [7, 11) is 0. The van der Waals surface area contributed by atoms with Gasteiger partial charge >= 0.3 is 0 Å². The molecule has 4 heteroatoms. The monoisotopic (exact) mass is 256 g/mol. The number of benzene rings is 1. The molecule has 1 aliphatic carbocycles. The van der Waals surface area contributed by atoms with Crippen molar-refractivity contribution in [1.82, 2.24) is 5.32 Å². The van der Waals surface area contributed by atoms with E-state index in [-0.39, 0.29) is 6.04 Å². The normalized spacial score (nSPS) is 33.6. The molecular formula is C12H14Cl2N2. The van der Waals surface area contributed by atoms with Crippen molar-refractivity contribution in [2.75, 3.05) is 13.1 Å². The van der Waals surface area contributed by atoms with Crippen LogP contribution in [0.15, 0.2) is 18.2 Å². The van der Waals surface area contributed by atoms with Gasteiger partial charge in [0.1, 0.15) is 0 Å². The molecule has 1 aromatic rings. The van der Waals surface area contributed by atoms with Crippen LogP contribution in [-0.2, 0) is 0 Å². The molecule has 2 nitrogen and oxygen atoms in total. The molecule has 3 rings (SSSR count). The van der Waals surface area contributed by atoms with Gasteiger partial charge in [0.05, 0.1) is 10.0 Å². The number of hydrogen-bond acceptors (Lipinski definition) is 2. The van der Waals surface area contributed by atoms with Crippen molar-refractivity contribution in [2.24, 2.45) is 23.5 Å². The summed E-state index contributed by atoms with van der Waals surface area (Å²) in [6.07, 6.45) is 0. The first-order valence-electron chi connectivity index (χ1n) is 5.59. The van der Waals surface area contributed by atoms with Crippen LogP contribution >= 0.6 is 23.2 Å². The lowest BCUT2D eigenvalue weighted by Crippen LogP contribution is -2.22. The SMILES string of the molecule is NC(c1ccc(Cl)c(Cl)c1)C1C2CNCC21. The Morgan fingerprint density at radius 2 is 1.88 bits per heavy atom. The maximum atomic E-state index is 6.28. The zero-order chi connectivity index (χ0) is 11.3. The molecule has 0 amide bonds. The summed E-state index contributed by atoms with van der Waals surface area (Å²) in [6.45, 7) is 2.23. The second-order valence-corrected chi connectivity index (χ2v) is 5.58. The summed E-state index contributed by atoms with van der Waals surface area (Å²) < 4.78 is 0. The fourth-order valence-corrected chi connectivity index (χ4v) is 3.25. The first-order chi connectivity index (χ1) is 7.68. The van der Waals surface area contributed by atoms with Gasteiger partial charge in [-0.15, -0.1) is 0 Å². The Kier molecular flexibility index (Phi) is 2.63. The van der Waals surface area contributed by atoms with Crippen molar-refractivity contribution in [2.45, 2.75) is 6.04 Å². The highest BCUT2D eigenvalue weighted by Gasteiger charge is 2.55. The van der Waals surface area contributed by atoms with E-state index in [0.717, 1.165) is 30.5 Å². The predicted octanol–water partition coefficient (Wildman–Crippen LogP) is 2.46. The fourth-order valence-electron chi connectivity index (χ4n) is 2.94. The van der Waals surface area contributed by atoms with E-state index in [1.54, 1.807) is 0 Å². The highest BCUT2D eigenvalue weighted by Crippen LogP contribution is 2.54. The Bertz CT molecular complexity index is 411. The smallest absolute Gasteiger partial charge is 0.0595 e. The largest absolute Gasteiger partial charge is 0.324 e. The number of fused-ring (bicyclic) bond motifs is 1. The lowest BCUT2D eigenvalue weighted by Gasteiger charge is -2.15. The van der Waals surface area contributed by atoms with Gasteiger partial charge in [0, 0.05) is 6.04 Å². The van der Waals surface area contributed by atoms with Crippen molar-refractivity contribution >= 4 is 23.2 Å². The maximum absolute atomic E-state index is 6.28. The average Bonchev–Trinajstić information content (AvgIpc) is 2.74. The second-order valence-electron chi connectivity index (χ2n) is 4.76. The Morgan fingerprint density at radius 3 is 2.50 bits per heavy atom. The average molecular weight is 257 g/mol. The van der Waals surface area contributed by atoms with Gasteiger partial charge < -0.3 is 11.1 Å². The topological polar surface area (TPSA) is 38.0 Å². The molecule has 0 bridgehead atoms. The Balaban J connectivity index is 1.79. The first-order valence-corrected chi connectivity index (χ1v) is 6.35. The molecule has 86 valence electrons. The third-order valence-corrected chi connectivity index (χ3v) is 4.64. The molecule has 3 unspecified atom stereocenters. The second kappa shape index (κ2) is 3.88. The first kappa shape index (κ1) is 10.8. The van der Waals surface area contributed by atoms with Gasteiger partial charge in [-0.1, -0.05) is 29.3 Å². The molecule has 0 aromatic heterocycles. The summed E-state index contributed by atoms with van der Waals surface area (Å²) in [6, 6.07) is 5.82. The van der Waals surface area contributed by atoms with Gasteiger partial charge in [-0.25, -0.2) is 0 Å². The third-order valence-electron chi connectivity index (χ3n) is 3.90. The van der Waals surface area contributed by atoms with Crippen molar-refractivity contribution in [3.8, 4) is 0 Å². The number of nitrogens with one attached hydrogen (secondary N) is 1. The zero-order valence-electron chi connectivity index (χ0n) is 8.79. The molecular weight excluding hydrogens is 243 g/mol. The van der Waals surface area contributed by atoms with E-state index in [4.69, 9.17) is 28.9 Å². The van der Waals surface area contributed by atoms with Gasteiger partial charge in [0.25, 0.3) is 0 Å². The Labute approximate surface area is 105 Å². The van der Waals surface area contributed by atoms with Gasteiger partial charge in [-0.2, -0.15) is 0 Å². The number of nitrogens with two attached hydrogens (primary N) is 1. The van der Waals surface area contributed by atoms with Crippen LogP contribution in [0.25, 0.3) is 0 Å². The van der Waals surface area contributed by atoms with E-state index in [1.165, 1.54) is 0 Å². The van der Waals surface area contributed by atoms with Gasteiger partial charge in [-0.05, 0) is 48.5 Å². The summed E-state index contributed by atoms with van der Waals surface area (Å²) in [5.74, 6) is 2.16. The van der Waals surface area contributed by atoms with Crippen LogP contribution in [0.1, 0.15) is 11.6 Å². The Hall–Kier alpha value is -0.280. The van der Waals surface area contributed by atoms with E-state index < -0.39 is 0 Å². The molecule has 2 fully saturated rings. The predicted molar refractivity (Wildman–Crippen MR) is 66.7 cm³/mol. The third kappa shape index (κ3) is 1.65. The summed E-state index contributed by atoms with van der Waals surface area (Å²) in [4.78, 5) is 0. The minimum Gasteiger partial charge on any atom is -0.324 e. The molecule has 1 aromatic carbocycles. The molecule has 16 heavy (non-hydrogen) atoms. The number of halogens is 2. The molecule has 1 aliphatic heterocycles. The highest BCUT2D eigenvalue weighted by atomic mass is 35.5.